The molecule has 2 aromatic carbocycles. The minimum atomic E-state index is -0.942. The molecule has 0 aliphatic carbocycles. The van der Waals surface area contributed by atoms with Crippen LogP contribution in [0, 0.1) is 6.92 Å². The van der Waals surface area contributed by atoms with Crippen molar-refractivity contribution in [3.63, 3.8) is 0 Å². The number of benzene rings is 2. The number of halogens is 1. The lowest BCUT2D eigenvalue weighted by molar-refractivity contribution is -0.132. The fourth-order valence-corrected chi connectivity index (χ4v) is 4.48. The first-order valence-electron chi connectivity index (χ1n) is 10.5. The molecule has 1 N–H and O–H groups in total. The van der Waals surface area contributed by atoms with Gasteiger partial charge in [-0.05, 0) is 55.0 Å². The molecular formula is C25H21ClN2O5. The first-order chi connectivity index (χ1) is 15.9. The third-order valence-corrected chi connectivity index (χ3v) is 6.49. The van der Waals surface area contributed by atoms with E-state index in [2.05, 4.69) is 0 Å². The minimum absolute atomic E-state index is 0.0475. The highest BCUT2D eigenvalue weighted by Gasteiger charge is 2.48. The van der Waals surface area contributed by atoms with Crippen LogP contribution in [0.15, 0.2) is 64.8 Å². The number of aliphatic hydroxyl groups is 1. The standard InChI is InChI=1S/C25H21ClN2O5/c1-14-16(26)5-3-6-17(14)28-22(20-7-4-11-32-20)21(24(30)25(28)31)23(29)15-8-9-19-18(13-15)27(2)10-12-33-19/h3-9,11,13,22,29H,10,12H2,1-2H3/b23-21-. The van der Waals surface area contributed by atoms with Gasteiger partial charge in [-0.2, -0.15) is 0 Å². The van der Waals surface area contributed by atoms with Crippen LogP contribution in [0.4, 0.5) is 11.4 Å². The van der Waals surface area contributed by atoms with Gasteiger partial charge < -0.3 is 19.2 Å². The van der Waals surface area contributed by atoms with Crippen molar-refractivity contribution >= 4 is 40.4 Å². The summed E-state index contributed by atoms with van der Waals surface area (Å²) < 4.78 is 11.3. The Kier molecular flexibility index (Phi) is 5.13. The lowest BCUT2D eigenvalue weighted by atomic mass is 9.98. The molecule has 0 radical (unpaired) electrons. The van der Waals surface area contributed by atoms with Gasteiger partial charge in [0.15, 0.2) is 0 Å². The third kappa shape index (κ3) is 3.36. The molecule has 1 unspecified atom stereocenters. The van der Waals surface area contributed by atoms with Gasteiger partial charge in [-0.25, -0.2) is 0 Å². The molecule has 3 aromatic rings. The fraction of sp³-hybridized carbons (Fsp3) is 0.200. The number of ketones is 1. The summed E-state index contributed by atoms with van der Waals surface area (Å²) in [6.45, 7) is 3.04. The lowest BCUT2D eigenvalue weighted by Crippen LogP contribution is -2.30. The summed E-state index contributed by atoms with van der Waals surface area (Å²) >= 11 is 6.30. The molecule has 3 heterocycles. The summed E-state index contributed by atoms with van der Waals surface area (Å²) in [7, 11) is 1.93. The molecule has 1 amide bonds. The smallest absolute Gasteiger partial charge is 0.300 e. The highest BCUT2D eigenvalue weighted by Crippen LogP contribution is 2.44. The minimum Gasteiger partial charge on any atom is -0.507 e. The molecule has 2 aliphatic heterocycles. The predicted octanol–water partition coefficient (Wildman–Crippen LogP) is 4.70. The van der Waals surface area contributed by atoms with Crippen LogP contribution < -0.4 is 14.5 Å². The van der Waals surface area contributed by atoms with Crippen molar-refractivity contribution < 1.29 is 23.8 Å². The number of carbonyl (C=O) groups excluding carboxylic acids is 2. The number of aliphatic hydroxyl groups excluding tert-OH is 1. The Labute approximate surface area is 195 Å². The van der Waals surface area contributed by atoms with Crippen LogP contribution >= 0.6 is 11.6 Å². The highest BCUT2D eigenvalue weighted by atomic mass is 35.5. The number of furan rings is 1. The first-order valence-corrected chi connectivity index (χ1v) is 10.8. The molecule has 168 valence electrons. The van der Waals surface area contributed by atoms with E-state index in [0.717, 1.165) is 5.69 Å². The van der Waals surface area contributed by atoms with Crippen LogP contribution in [0.25, 0.3) is 5.76 Å². The molecule has 8 heteroatoms. The molecule has 2 aliphatic rings. The zero-order valence-corrected chi connectivity index (χ0v) is 18.8. The molecule has 33 heavy (non-hydrogen) atoms. The maximum Gasteiger partial charge on any atom is 0.300 e. The van der Waals surface area contributed by atoms with Crippen LogP contribution in [0.1, 0.15) is 22.9 Å². The molecule has 1 fully saturated rings. The van der Waals surface area contributed by atoms with Crippen LogP contribution in [0.2, 0.25) is 5.02 Å². The van der Waals surface area contributed by atoms with Crippen molar-refractivity contribution in [2.45, 2.75) is 13.0 Å². The summed E-state index contributed by atoms with van der Waals surface area (Å²) in [6.07, 6.45) is 1.46. The molecule has 1 atom stereocenters. The normalized spacial score (nSPS) is 19.5. The number of hydrogen-bond donors (Lipinski definition) is 1. The highest BCUT2D eigenvalue weighted by molar-refractivity contribution is 6.52. The van der Waals surface area contributed by atoms with Crippen LogP contribution in [0.3, 0.4) is 0 Å². The van der Waals surface area contributed by atoms with Crippen molar-refractivity contribution in [3.05, 3.63) is 82.3 Å². The van der Waals surface area contributed by atoms with E-state index in [1.165, 1.54) is 11.2 Å². The molecule has 0 bridgehead atoms. The quantitative estimate of drug-likeness (QED) is 0.344. The van der Waals surface area contributed by atoms with Gasteiger partial charge in [-0.3, -0.25) is 14.5 Å². The lowest BCUT2D eigenvalue weighted by Gasteiger charge is -2.28. The number of fused-ring (bicyclic) bond motifs is 1. The maximum atomic E-state index is 13.2. The summed E-state index contributed by atoms with van der Waals surface area (Å²) in [5, 5.41) is 11.8. The zero-order chi connectivity index (χ0) is 23.3. The molecule has 7 nitrogen and oxygen atoms in total. The van der Waals surface area contributed by atoms with Crippen molar-refractivity contribution in [1.29, 1.82) is 0 Å². The SMILES string of the molecule is Cc1c(Cl)cccc1N1C(=O)C(=O)/C(=C(\O)c2ccc3c(c2)N(C)CCO3)C1c1ccco1. The Balaban J connectivity index is 1.70. The van der Waals surface area contributed by atoms with E-state index >= 15 is 0 Å². The van der Waals surface area contributed by atoms with E-state index < -0.39 is 17.7 Å². The predicted molar refractivity (Wildman–Crippen MR) is 125 cm³/mol. The first kappa shape index (κ1) is 21.2. The number of carbonyl (C=O) groups is 2. The topological polar surface area (TPSA) is 83.2 Å². The number of Topliss-reactive ketones (excluding diaryl/α,β-unsaturated/α-hetero) is 1. The number of hydrogen-bond acceptors (Lipinski definition) is 6. The second-order valence-corrected chi connectivity index (χ2v) is 8.43. The molecule has 0 spiro atoms. The number of rotatable bonds is 3. The number of anilines is 2. The van der Waals surface area contributed by atoms with Crippen molar-refractivity contribution in [2.24, 2.45) is 0 Å². The molecule has 1 aromatic heterocycles. The average Bonchev–Trinajstić information content (AvgIpc) is 3.43. The zero-order valence-electron chi connectivity index (χ0n) is 18.0. The number of likely N-dealkylation sites (N-methyl/N-ethyl adjacent to an activating group) is 1. The van der Waals surface area contributed by atoms with Gasteiger partial charge in [0.2, 0.25) is 0 Å². The number of nitrogens with zero attached hydrogens (tertiary/aromatic N) is 2. The second-order valence-electron chi connectivity index (χ2n) is 8.02. The Hall–Kier alpha value is -3.71. The van der Waals surface area contributed by atoms with Crippen LogP contribution in [-0.2, 0) is 9.59 Å². The Bertz CT molecular complexity index is 1300. The third-order valence-electron chi connectivity index (χ3n) is 6.08. The molecule has 0 saturated carbocycles. The monoisotopic (exact) mass is 464 g/mol. The second kappa shape index (κ2) is 8.01. The summed E-state index contributed by atoms with van der Waals surface area (Å²) in [5.41, 5.74) is 2.27. The van der Waals surface area contributed by atoms with Crippen LogP contribution in [-0.4, -0.2) is 37.0 Å². The maximum absolute atomic E-state index is 13.2. The largest absolute Gasteiger partial charge is 0.507 e. The van der Waals surface area contributed by atoms with Crippen molar-refractivity contribution in [2.75, 3.05) is 30.0 Å². The van der Waals surface area contributed by atoms with Crippen LogP contribution in [0.5, 0.6) is 5.75 Å². The van der Waals surface area contributed by atoms with Gasteiger partial charge in [0.1, 0.15) is 29.9 Å². The number of amides is 1. The summed E-state index contributed by atoms with van der Waals surface area (Å²) in [4.78, 5) is 29.8. The van der Waals surface area contributed by atoms with Gasteiger partial charge >= 0.3 is 0 Å². The van der Waals surface area contributed by atoms with E-state index in [1.54, 1.807) is 55.5 Å². The summed E-state index contributed by atoms with van der Waals surface area (Å²) in [6, 6.07) is 12.7. The van der Waals surface area contributed by atoms with Gasteiger partial charge in [0.25, 0.3) is 11.7 Å². The summed E-state index contributed by atoms with van der Waals surface area (Å²) in [5.74, 6) is -0.789. The van der Waals surface area contributed by atoms with Crippen molar-refractivity contribution in [3.8, 4) is 5.75 Å². The van der Waals surface area contributed by atoms with E-state index in [9.17, 15) is 14.7 Å². The Morgan fingerprint density at radius 1 is 1.12 bits per heavy atom. The van der Waals surface area contributed by atoms with Gasteiger partial charge in [-0.1, -0.05) is 17.7 Å². The fourth-order valence-electron chi connectivity index (χ4n) is 4.31. The van der Waals surface area contributed by atoms with E-state index in [0.29, 0.717) is 46.5 Å². The van der Waals surface area contributed by atoms with Crippen molar-refractivity contribution in [1.82, 2.24) is 0 Å². The molecule has 5 rings (SSSR count). The molecular weight excluding hydrogens is 444 g/mol. The van der Waals surface area contributed by atoms with E-state index in [4.69, 9.17) is 20.8 Å². The van der Waals surface area contributed by atoms with E-state index in [-0.39, 0.29) is 11.3 Å². The molecule has 1 saturated heterocycles. The van der Waals surface area contributed by atoms with Gasteiger partial charge in [0.05, 0.1) is 24.1 Å². The van der Waals surface area contributed by atoms with Gasteiger partial charge in [-0.15, -0.1) is 0 Å². The Morgan fingerprint density at radius 2 is 1.94 bits per heavy atom. The number of ether oxygens (including phenoxy) is 1. The van der Waals surface area contributed by atoms with Gasteiger partial charge in [0, 0.05) is 23.3 Å². The van der Waals surface area contributed by atoms with E-state index in [1.807, 2.05) is 11.9 Å². The Morgan fingerprint density at radius 3 is 2.70 bits per heavy atom. The average molecular weight is 465 g/mol.